The Kier molecular flexibility index (Phi) is 2.96. The average molecular weight is 195 g/mol. The van der Waals surface area contributed by atoms with Crippen LogP contribution in [-0.4, -0.2) is 18.7 Å². The third kappa shape index (κ3) is 1.96. The third-order valence-electron chi connectivity index (χ3n) is 2.17. The number of aromatic nitrogens is 1. The lowest BCUT2D eigenvalue weighted by atomic mass is 9.88. The van der Waals surface area contributed by atoms with E-state index in [1.807, 2.05) is 13.8 Å². The molecule has 1 rings (SSSR count). The van der Waals surface area contributed by atoms with Crippen molar-refractivity contribution in [3.05, 3.63) is 18.0 Å². The monoisotopic (exact) mass is 195 g/mol. The smallest absolute Gasteiger partial charge is 0.0773 e. The van der Waals surface area contributed by atoms with E-state index < -0.39 is 0 Å². The van der Waals surface area contributed by atoms with Crippen LogP contribution in [0.2, 0.25) is 0 Å². The van der Waals surface area contributed by atoms with Crippen molar-refractivity contribution in [3.63, 3.8) is 0 Å². The first-order chi connectivity index (χ1) is 6.49. The minimum absolute atomic E-state index is 0.214. The number of hydrogen-bond donors (Lipinski definition) is 2. The van der Waals surface area contributed by atoms with Crippen molar-refractivity contribution in [2.75, 3.05) is 25.2 Å². The van der Waals surface area contributed by atoms with Crippen LogP contribution in [0.1, 0.15) is 19.5 Å². The lowest BCUT2D eigenvalue weighted by Crippen LogP contribution is -2.26. The highest BCUT2D eigenvalue weighted by Crippen LogP contribution is 2.29. The van der Waals surface area contributed by atoms with Crippen molar-refractivity contribution in [1.82, 2.24) is 4.98 Å². The maximum absolute atomic E-state index is 5.86. The van der Waals surface area contributed by atoms with Gasteiger partial charge in [-0.25, -0.2) is 0 Å². The minimum Gasteiger partial charge on any atom is -0.397 e. The summed E-state index contributed by atoms with van der Waals surface area (Å²) < 4.78 is 5.12. The number of nitrogens with two attached hydrogens (primary N) is 2. The van der Waals surface area contributed by atoms with Crippen molar-refractivity contribution in [2.45, 2.75) is 19.3 Å². The van der Waals surface area contributed by atoms with Gasteiger partial charge in [0.05, 0.1) is 23.7 Å². The van der Waals surface area contributed by atoms with Gasteiger partial charge in [-0.15, -0.1) is 0 Å². The Labute approximate surface area is 84.3 Å². The molecular weight excluding hydrogens is 178 g/mol. The maximum atomic E-state index is 5.86. The summed E-state index contributed by atoms with van der Waals surface area (Å²) in [5.41, 5.74) is 13.3. The van der Waals surface area contributed by atoms with Gasteiger partial charge in [0.25, 0.3) is 0 Å². The van der Waals surface area contributed by atoms with Crippen LogP contribution in [0.15, 0.2) is 12.3 Å². The Morgan fingerprint density at radius 2 is 2.07 bits per heavy atom. The number of nitrogen functional groups attached to an aromatic ring is 2. The fourth-order valence-corrected chi connectivity index (χ4v) is 1.46. The van der Waals surface area contributed by atoms with Crippen molar-refractivity contribution in [1.29, 1.82) is 0 Å². The van der Waals surface area contributed by atoms with Gasteiger partial charge in [-0.1, -0.05) is 13.8 Å². The van der Waals surface area contributed by atoms with Crippen molar-refractivity contribution in [2.24, 2.45) is 0 Å². The summed E-state index contributed by atoms with van der Waals surface area (Å²) in [6, 6.07) is 1.70. The van der Waals surface area contributed by atoms with Crippen LogP contribution >= 0.6 is 0 Å². The first-order valence-corrected chi connectivity index (χ1v) is 4.48. The van der Waals surface area contributed by atoms with Crippen LogP contribution in [0.25, 0.3) is 0 Å². The molecule has 0 unspecified atom stereocenters. The standard InChI is InChI=1S/C10H17N3O/c1-10(2,6-14-3)9-8(12)7(11)4-5-13-9/h4-5H,6,12H2,1-3H3,(H2,11,13). The number of methoxy groups -OCH3 is 1. The summed E-state index contributed by atoms with van der Waals surface area (Å²) in [7, 11) is 1.66. The molecule has 0 aliphatic heterocycles. The molecule has 78 valence electrons. The van der Waals surface area contributed by atoms with Gasteiger partial charge >= 0.3 is 0 Å². The van der Waals surface area contributed by atoms with Gasteiger partial charge in [0.1, 0.15) is 0 Å². The van der Waals surface area contributed by atoms with Crippen LogP contribution in [0.4, 0.5) is 11.4 Å². The quantitative estimate of drug-likeness (QED) is 0.759. The lowest BCUT2D eigenvalue weighted by molar-refractivity contribution is 0.145. The Balaban J connectivity index is 3.12. The zero-order valence-electron chi connectivity index (χ0n) is 8.87. The second kappa shape index (κ2) is 3.84. The average Bonchev–Trinajstić information content (AvgIpc) is 2.09. The molecule has 1 aromatic rings. The van der Waals surface area contributed by atoms with Gasteiger partial charge in [0.2, 0.25) is 0 Å². The first-order valence-electron chi connectivity index (χ1n) is 4.48. The number of hydrogen-bond acceptors (Lipinski definition) is 4. The highest BCUT2D eigenvalue weighted by Gasteiger charge is 2.25. The molecule has 0 fully saturated rings. The topological polar surface area (TPSA) is 74.2 Å². The lowest BCUT2D eigenvalue weighted by Gasteiger charge is -2.24. The molecule has 0 aromatic carbocycles. The molecule has 0 amide bonds. The van der Waals surface area contributed by atoms with Crippen LogP contribution in [-0.2, 0) is 10.2 Å². The first kappa shape index (κ1) is 10.8. The summed E-state index contributed by atoms with van der Waals surface area (Å²) >= 11 is 0. The van der Waals surface area contributed by atoms with E-state index in [4.69, 9.17) is 16.2 Å². The molecule has 0 saturated heterocycles. The number of nitrogens with zero attached hydrogens (tertiary/aromatic N) is 1. The summed E-state index contributed by atoms with van der Waals surface area (Å²) in [6.07, 6.45) is 1.67. The second-order valence-electron chi connectivity index (χ2n) is 3.98. The van der Waals surface area contributed by atoms with Crippen LogP contribution in [0.5, 0.6) is 0 Å². The van der Waals surface area contributed by atoms with Gasteiger partial charge in [-0.05, 0) is 6.07 Å². The molecule has 0 bridgehead atoms. The predicted molar refractivity (Wildman–Crippen MR) is 58.0 cm³/mol. The molecule has 4 heteroatoms. The van der Waals surface area contributed by atoms with Crippen molar-refractivity contribution >= 4 is 11.4 Å². The van der Waals surface area contributed by atoms with Gasteiger partial charge in [-0.2, -0.15) is 0 Å². The van der Waals surface area contributed by atoms with Crippen LogP contribution < -0.4 is 11.5 Å². The Morgan fingerprint density at radius 1 is 1.43 bits per heavy atom. The summed E-state index contributed by atoms with van der Waals surface area (Å²) in [5.74, 6) is 0. The summed E-state index contributed by atoms with van der Waals surface area (Å²) in [4.78, 5) is 4.24. The molecule has 0 atom stereocenters. The van der Waals surface area contributed by atoms with Gasteiger partial charge in [-0.3, -0.25) is 4.98 Å². The molecule has 4 N–H and O–H groups in total. The van der Waals surface area contributed by atoms with E-state index in [0.717, 1.165) is 5.69 Å². The number of pyridine rings is 1. The number of anilines is 2. The van der Waals surface area contributed by atoms with E-state index in [9.17, 15) is 0 Å². The fourth-order valence-electron chi connectivity index (χ4n) is 1.46. The predicted octanol–water partition coefficient (Wildman–Crippen LogP) is 1.17. The molecule has 14 heavy (non-hydrogen) atoms. The van der Waals surface area contributed by atoms with E-state index in [1.54, 1.807) is 19.4 Å². The van der Waals surface area contributed by atoms with E-state index in [-0.39, 0.29) is 5.41 Å². The number of rotatable bonds is 3. The highest BCUT2D eigenvalue weighted by molar-refractivity contribution is 5.66. The van der Waals surface area contributed by atoms with E-state index in [0.29, 0.717) is 18.0 Å². The van der Waals surface area contributed by atoms with Crippen molar-refractivity contribution in [3.8, 4) is 0 Å². The molecule has 0 aliphatic rings. The molecule has 0 saturated carbocycles. The highest BCUT2D eigenvalue weighted by atomic mass is 16.5. The van der Waals surface area contributed by atoms with E-state index in [1.165, 1.54) is 0 Å². The molecule has 0 aliphatic carbocycles. The normalized spacial score (nSPS) is 11.6. The molecular formula is C10H17N3O. The zero-order valence-corrected chi connectivity index (χ0v) is 8.87. The van der Waals surface area contributed by atoms with Crippen LogP contribution in [0, 0.1) is 0 Å². The van der Waals surface area contributed by atoms with Gasteiger partial charge < -0.3 is 16.2 Å². The van der Waals surface area contributed by atoms with E-state index >= 15 is 0 Å². The fraction of sp³-hybridized carbons (Fsp3) is 0.500. The molecule has 1 aromatic heterocycles. The van der Waals surface area contributed by atoms with Crippen LogP contribution in [0.3, 0.4) is 0 Å². The third-order valence-corrected chi connectivity index (χ3v) is 2.17. The largest absolute Gasteiger partial charge is 0.397 e. The summed E-state index contributed by atoms with van der Waals surface area (Å²) in [5, 5.41) is 0. The summed E-state index contributed by atoms with van der Waals surface area (Å²) in [6.45, 7) is 4.61. The van der Waals surface area contributed by atoms with Crippen molar-refractivity contribution < 1.29 is 4.74 Å². The molecule has 4 nitrogen and oxygen atoms in total. The van der Waals surface area contributed by atoms with E-state index in [2.05, 4.69) is 4.98 Å². The van der Waals surface area contributed by atoms with Gasteiger partial charge in [0, 0.05) is 18.7 Å². The maximum Gasteiger partial charge on any atom is 0.0773 e. The second-order valence-corrected chi connectivity index (χ2v) is 3.98. The van der Waals surface area contributed by atoms with Gasteiger partial charge in [0.15, 0.2) is 0 Å². The Hall–Kier alpha value is -1.29. The zero-order chi connectivity index (χ0) is 10.8. The SMILES string of the molecule is COCC(C)(C)c1nccc(N)c1N. The molecule has 0 spiro atoms. The minimum atomic E-state index is -0.214. The Morgan fingerprint density at radius 3 is 2.64 bits per heavy atom. The number of ether oxygens (including phenoxy) is 1. The Bertz CT molecular complexity index is 323. The molecule has 1 heterocycles. The molecule has 0 radical (unpaired) electrons.